The number of pyridine rings is 1. The van der Waals surface area contributed by atoms with Crippen LogP contribution in [0.25, 0.3) is 49.9 Å². The standard InChI is InChI=1S/C70H55N4O.Pt/c1-69(2,3)46-35-36-71-64(39-46)74-59-30-18-17-25-50(59)51-34-33-49(42-62(51)74)75-63-41-48(40-58-65-52-26-13-15-28-54(52)66(67(58)63)55-29-16-14-27-53(55)65)72-43-73(61-32-20-19-31-60(61)72)68-56(44-21-9-7-10-22-44)37-47(70(4,5)6)38-57(68)45-23-11-8-12-24-45;/h7-40,43,65-66H,1-6H3;/q-3;/i7D,8D,9D,10D,11D,12D,21D,22D,23D,24D;. The Morgan fingerprint density at radius 3 is 1.74 bits per heavy atom. The molecule has 1 aliphatic heterocycles. The zero-order chi connectivity index (χ0) is 59.4. The van der Waals surface area contributed by atoms with Crippen LogP contribution < -0.4 is 14.5 Å². The Morgan fingerprint density at radius 2 is 1.12 bits per heavy atom. The second-order valence-electron chi connectivity index (χ2n) is 21.7. The van der Waals surface area contributed by atoms with Gasteiger partial charge in [-0.3, -0.25) is 0 Å². The number of anilines is 4. The normalized spacial score (nSPS) is 17.1. The molecule has 2 bridgehead atoms. The number of benzene rings is 9. The van der Waals surface area contributed by atoms with E-state index in [4.69, 9.17) is 17.9 Å². The summed E-state index contributed by atoms with van der Waals surface area (Å²) in [7, 11) is 0. The quantitative estimate of drug-likeness (QED) is 0.149. The van der Waals surface area contributed by atoms with Gasteiger partial charge in [-0.1, -0.05) is 192 Å². The first-order valence-corrected chi connectivity index (χ1v) is 25.4. The predicted molar refractivity (Wildman–Crippen MR) is 307 cm³/mol. The summed E-state index contributed by atoms with van der Waals surface area (Å²) in [5.41, 5.74) is 11.7. The van der Waals surface area contributed by atoms with E-state index >= 15 is 0 Å². The van der Waals surface area contributed by atoms with E-state index in [2.05, 4.69) is 122 Å². The van der Waals surface area contributed by atoms with Crippen LogP contribution in [0.1, 0.15) is 112 Å². The van der Waals surface area contributed by atoms with Crippen LogP contribution in [-0.4, -0.2) is 9.55 Å². The molecule has 5 nitrogen and oxygen atoms in total. The number of hydrogen-bond acceptors (Lipinski definition) is 4. The minimum Gasteiger partial charge on any atom is -0.509 e. The van der Waals surface area contributed by atoms with Crippen molar-refractivity contribution in [2.45, 2.75) is 64.2 Å². The van der Waals surface area contributed by atoms with Crippen LogP contribution in [0.2, 0.25) is 0 Å². The van der Waals surface area contributed by atoms with Crippen molar-refractivity contribution in [1.82, 2.24) is 9.55 Å². The molecule has 0 spiro atoms. The summed E-state index contributed by atoms with van der Waals surface area (Å²) in [6.45, 7) is 14.3. The van der Waals surface area contributed by atoms with E-state index in [1.807, 2.05) is 85.9 Å². The number of aromatic nitrogens is 2. The fourth-order valence-corrected chi connectivity index (χ4v) is 11.6. The smallest absolute Gasteiger partial charge is 0.135 e. The van der Waals surface area contributed by atoms with Crippen molar-refractivity contribution in [3.05, 3.63) is 269 Å². The topological polar surface area (TPSA) is 33.5 Å². The molecule has 0 saturated carbocycles. The van der Waals surface area contributed by atoms with E-state index in [9.17, 15) is 5.48 Å². The van der Waals surface area contributed by atoms with Crippen LogP contribution >= 0.6 is 0 Å². The van der Waals surface area contributed by atoms with Gasteiger partial charge in [0.1, 0.15) is 5.82 Å². The second kappa shape index (κ2) is 18.1. The van der Waals surface area contributed by atoms with Gasteiger partial charge in [-0.25, -0.2) is 4.98 Å². The Balaban J connectivity index is 0.00000686. The van der Waals surface area contributed by atoms with Crippen molar-refractivity contribution in [1.29, 1.82) is 0 Å². The average molecular weight is 1170 g/mol. The first-order chi connectivity index (χ1) is 40.6. The Morgan fingerprint density at radius 1 is 0.553 bits per heavy atom. The minimum atomic E-state index is -0.654. The van der Waals surface area contributed by atoms with Crippen LogP contribution in [0.15, 0.2) is 206 Å². The summed E-state index contributed by atoms with van der Waals surface area (Å²) in [5, 5.41) is 2.03. The van der Waals surface area contributed by atoms with Gasteiger partial charge in [-0.05, 0) is 109 Å². The third kappa shape index (κ3) is 7.65. The monoisotopic (exact) mass is 1170 g/mol. The number of para-hydroxylation sites is 3. The Bertz CT molecular complexity index is 4500. The number of fused-ring (bicyclic) bond motifs is 4. The molecule has 6 heteroatoms. The van der Waals surface area contributed by atoms with Crippen molar-refractivity contribution in [3.8, 4) is 39.6 Å². The molecule has 374 valence electrons. The molecule has 0 atom stereocenters. The summed E-state index contributed by atoms with van der Waals surface area (Å²) >= 11 is 0. The third-order valence-corrected chi connectivity index (χ3v) is 15.2. The van der Waals surface area contributed by atoms with Crippen LogP contribution in [0.3, 0.4) is 0 Å². The second-order valence-corrected chi connectivity index (χ2v) is 21.7. The molecule has 0 N–H and O–H groups in total. The van der Waals surface area contributed by atoms with Crippen LogP contribution in [0.4, 0.5) is 22.7 Å². The van der Waals surface area contributed by atoms with Gasteiger partial charge in [0.15, 0.2) is 0 Å². The van der Waals surface area contributed by atoms with Crippen LogP contribution in [0, 0.1) is 18.8 Å². The Kier molecular flexibility index (Phi) is 8.98. The Labute approximate surface area is 474 Å². The first-order valence-electron chi connectivity index (χ1n) is 30.4. The summed E-state index contributed by atoms with van der Waals surface area (Å²) in [5.74, 6) is 1.27. The van der Waals surface area contributed by atoms with Crippen molar-refractivity contribution < 1.29 is 39.5 Å². The molecule has 11 aromatic rings. The van der Waals surface area contributed by atoms with Gasteiger partial charge in [0.2, 0.25) is 0 Å². The average Bonchev–Trinajstić information content (AvgIpc) is 0.799. The molecule has 3 heterocycles. The molecule has 0 saturated heterocycles. The van der Waals surface area contributed by atoms with E-state index in [-0.39, 0.29) is 66.3 Å². The zero-order valence-electron chi connectivity index (χ0n) is 52.6. The molecule has 0 amide bonds. The van der Waals surface area contributed by atoms with Gasteiger partial charge in [0, 0.05) is 78.4 Å². The maximum absolute atomic E-state index is 9.45. The van der Waals surface area contributed by atoms with Gasteiger partial charge in [-0.15, -0.1) is 47.6 Å². The molecule has 0 unspecified atom stereocenters. The van der Waals surface area contributed by atoms with Gasteiger partial charge >= 0.3 is 0 Å². The largest absolute Gasteiger partial charge is 0.509 e. The molecule has 76 heavy (non-hydrogen) atoms. The Hall–Kier alpha value is -7.98. The van der Waals surface area contributed by atoms with Crippen LogP contribution in [-0.2, 0) is 31.9 Å². The van der Waals surface area contributed by atoms with E-state index in [0.29, 0.717) is 34.1 Å². The molecular weight excluding hydrogens is 1110 g/mol. The maximum atomic E-state index is 9.45. The van der Waals surface area contributed by atoms with Gasteiger partial charge < -0.3 is 19.1 Å². The van der Waals surface area contributed by atoms with E-state index < -0.39 is 65.8 Å². The number of nitrogens with zero attached hydrogens (tertiary/aromatic N) is 4. The van der Waals surface area contributed by atoms with Crippen LogP contribution in [0.5, 0.6) is 11.5 Å². The summed E-state index contributed by atoms with van der Waals surface area (Å²) < 4.78 is 100. The molecule has 3 aliphatic carbocycles. The van der Waals surface area contributed by atoms with E-state index in [0.717, 1.165) is 44.3 Å². The molecule has 9 aromatic carbocycles. The molecule has 15 rings (SSSR count). The fourth-order valence-electron chi connectivity index (χ4n) is 11.6. The van der Waals surface area contributed by atoms with Gasteiger partial charge in [0.05, 0.1) is 13.7 Å². The molecule has 4 aliphatic rings. The summed E-state index contributed by atoms with van der Waals surface area (Å²) in [6, 6.07) is 49.5. The number of ether oxygens (including phenoxy) is 1. The first kappa shape index (κ1) is 37.7. The summed E-state index contributed by atoms with van der Waals surface area (Å²) in [4.78, 5) is 8.75. The molecular formula is C70H55N4OPt-3. The summed E-state index contributed by atoms with van der Waals surface area (Å²) in [6.07, 6.45) is 1.86. The molecule has 2 aromatic heterocycles. The predicted octanol–water partition coefficient (Wildman–Crippen LogP) is 17.9. The molecule has 0 radical (unpaired) electrons. The number of rotatable bonds is 7. The van der Waals surface area contributed by atoms with E-state index in [1.165, 1.54) is 22.3 Å². The van der Waals surface area contributed by atoms with Crippen molar-refractivity contribution >= 4 is 44.6 Å². The van der Waals surface area contributed by atoms with Gasteiger partial charge in [0.25, 0.3) is 0 Å². The minimum absolute atomic E-state index is 0. The van der Waals surface area contributed by atoms with E-state index in [1.54, 1.807) is 12.1 Å². The fraction of sp³-hybridized carbons (Fsp3) is 0.143. The van der Waals surface area contributed by atoms with Crippen molar-refractivity contribution in [2.24, 2.45) is 0 Å². The van der Waals surface area contributed by atoms with Crippen molar-refractivity contribution in [3.63, 3.8) is 0 Å². The van der Waals surface area contributed by atoms with Gasteiger partial charge in [-0.2, -0.15) is 6.07 Å². The SMILES string of the molecule is [2H]c1c([2H])c([2H])c(-c2cc(C(C)(C)C)cc(-c3c([2H])c([2H])c([2H])c([2H])c3[2H])c2N2[CH-]N(c3[c-]c(Oc4[c-]c5c(cc4)c4ccccc4n5-c4cc(C(C)(C)C)ccn4)c4c(c3)C3c5ccccc5C4c4ccccc43)c3ccccc32)c([2H])c1[2H].[Pt]. The maximum Gasteiger partial charge on any atom is 0.135 e. The molecule has 0 fully saturated rings. The zero-order valence-corrected chi connectivity index (χ0v) is 44.9. The third-order valence-electron chi connectivity index (χ3n) is 15.2. The van der Waals surface area contributed by atoms with Crippen molar-refractivity contribution in [2.75, 3.05) is 9.80 Å². The number of hydrogen-bond donors (Lipinski definition) is 0.